The highest BCUT2D eigenvalue weighted by atomic mass is 16.5. The average Bonchev–Trinajstić information content (AvgIpc) is 3.10. The predicted molar refractivity (Wildman–Crippen MR) is 88.5 cm³/mol. The minimum atomic E-state index is 0.317. The van der Waals surface area contributed by atoms with E-state index < -0.39 is 0 Å². The molecule has 0 aromatic carbocycles. The molecule has 1 heterocycles. The van der Waals surface area contributed by atoms with Crippen molar-refractivity contribution >= 4 is 0 Å². The van der Waals surface area contributed by atoms with Gasteiger partial charge in [-0.25, -0.2) is 0 Å². The van der Waals surface area contributed by atoms with Crippen LogP contribution in [0, 0.1) is 11.8 Å². The molecule has 4 unspecified atom stereocenters. The molecule has 0 radical (unpaired) electrons. The Labute approximate surface area is 131 Å². The van der Waals surface area contributed by atoms with Crippen molar-refractivity contribution in [2.75, 3.05) is 7.05 Å². The summed E-state index contributed by atoms with van der Waals surface area (Å²) in [5.74, 6) is 1.83. The number of ether oxygens (including phenoxy) is 1. The molecule has 1 saturated heterocycles. The Hall–Kier alpha value is -0.0800. The van der Waals surface area contributed by atoms with Gasteiger partial charge in [-0.2, -0.15) is 0 Å². The summed E-state index contributed by atoms with van der Waals surface area (Å²) in [5, 5.41) is 3.60. The van der Waals surface area contributed by atoms with Gasteiger partial charge in [0.05, 0.1) is 11.7 Å². The summed E-state index contributed by atoms with van der Waals surface area (Å²) in [6.45, 7) is 2.34. The van der Waals surface area contributed by atoms with Crippen LogP contribution < -0.4 is 5.32 Å². The van der Waals surface area contributed by atoms with Crippen LogP contribution in [0.5, 0.6) is 0 Å². The molecule has 2 nitrogen and oxygen atoms in total. The summed E-state index contributed by atoms with van der Waals surface area (Å²) in [4.78, 5) is 0. The third-order valence-corrected chi connectivity index (χ3v) is 6.58. The minimum absolute atomic E-state index is 0.317. The van der Waals surface area contributed by atoms with Crippen molar-refractivity contribution < 1.29 is 4.74 Å². The Morgan fingerprint density at radius 2 is 1.90 bits per heavy atom. The molecule has 0 bridgehead atoms. The molecule has 0 amide bonds. The second kappa shape index (κ2) is 7.00. The van der Waals surface area contributed by atoms with E-state index in [0.29, 0.717) is 11.7 Å². The van der Waals surface area contributed by atoms with Gasteiger partial charge in [-0.05, 0) is 70.3 Å². The fraction of sp³-hybridized carbons (Fsp3) is 1.00. The molecule has 0 aromatic rings. The molecule has 122 valence electrons. The molecule has 3 aliphatic rings. The summed E-state index contributed by atoms with van der Waals surface area (Å²) in [5.41, 5.74) is 0.317. The zero-order valence-electron chi connectivity index (χ0n) is 14.2. The first-order valence-electron chi connectivity index (χ1n) is 9.60. The molecular formula is C19H35NO. The quantitative estimate of drug-likeness (QED) is 0.795. The van der Waals surface area contributed by atoms with Gasteiger partial charge in [-0.15, -0.1) is 0 Å². The third-order valence-electron chi connectivity index (χ3n) is 6.58. The average molecular weight is 293 g/mol. The Balaban J connectivity index is 1.54. The molecule has 3 rings (SSSR count). The molecule has 2 saturated carbocycles. The fourth-order valence-corrected chi connectivity index (χ4v) is 5.46. The van der Waals surface area contributed by atoms with Gasteiger partial charge in [0, 0.05) is 6.04 Å². The topological polar surface area (TPSA) is 21.3 Å². The van der Waals surface area contributed by atoms with Gasteiger partial charge in [0.2, 0.25) is 0 Å². The number of hydrogen-bond donors (Lipinski definition) is 1. The van der Waals surface area contributed by atoms with E-state index in [2.05, 4.69) is 19.3 Å². The van der Waals surface area contributed by atoms with Crippen molar-refractivity contribution in [2.45, 2.75) is 102 Å². The van der Waals surface area contributed by atoms with E-state index in [1.165, 1.54) is 77.0 Å². The summed E-state index contributed by atoms with van der Waals surface area (Å²) < 4.78 is 6.57. The maximum atomic E-state index is 6.57. The second-order valence-electron chi connectivity index (χ2n) is 8.03. The fourth-order valence-electron chi connectivity index (χ4n) is 5.46. The summed E-state index contributed by atoms with van der Waals surface area (Å²) >= 11 is 0. The van der Waals surface area contributed by atoms with Gasteiger partial charge in [0.1, 0.15) is 0 Å². The molecule has 2 heteroatoms. The van der Waals surface area contributed by atoms with Crippen molar-refractivity contribution in [1.82, 2.24) is 5.32 Å². The number of rotatable bonds is 5. The van der Waals surface area contributed by atoms with E-state index >= 15 is 0 Å². The Bertz CT molecular complexity index is 324. The Morgan fingerprint density at radius 3 is 2.62 bits per heavy atom. The monoisotopic (exact) mass is 293 g/mol. The van der Waals surface area contributed by atoms with Gasteiger partial charge >= 0.3 is 0 Å². The molecule has 21 heavy (non-hydrogen) atoms. The van der Waals surface area contributed by atoms with E-state index in [1.807, 2.05) is 0 Å². The molecule has 4 atom stereocenters. The van der Waals surface area contributed by atoms with Gasteiger partial charge < -0.3 is 10.1 Å². The lowest BCUT2D eigenvalue weighted by molar-refractivity contribution is -0.0488. The Kier molecular flexibility index (Phi) is 5.27. The van der Waals surface area contributed by atoms with Gasteiger partial charge in [-0.1, -0.05) is 32.6 Å². The highest BCUT2D eigenvalue weighted by Crippen LogP contribution is 2.46. The largest absolute Gasteiger partial charge is 0.372 e. The summed E-state index contributed by atoms with van der Waals surface area (Å²) in [7, 11) is 2.16. The third kappa shape index (κ3) is 3.64. The Morgan fingerprint density at radius 1 is 1.10 bits per heavy atom. The van der Waals surface area contributed by atoms with Crippen LogP contribution in [0.1, 0.15) is 84.0 Å². The normalized spacial score (nSPS) is 39.1. The maximum absolute atomic E-state index is 6.57. The SMILES string of the molecule is CCCC1CCC(NC)C(CC2CCC3(CCCC3)O2)C1. The van der Waals surface area contributed by atoms with Gasteiger partial charge in [0.25, 0.3) is 0 Å². The standard InChI is InChI=1S/C19H35NO/c1-3-6-15-7-8-18(20-2)16(13-15)14-17-9-12-19(21-17)10-4-5-11-19/h15-18,20H,3-14H2,1-2H3. The van der Waals surface area contributed by atoms with Crippen LogP contribution in [-0.2, 0) is 4.74 Å². The molecule has 2 aliphatic carbocycles. The van der Waals surface area contributed by atoms with Crippen LogP contribution >= 0.6 is 0 Å². The lowest BCUT2D eigenvalue weighted by Gasteiger charge is -2.37. The van der Waals surface area contributed by atoms with E-state index in [0.717, 1.165) is 17.9 Å². The van der Waals surface area contributed by atoms with Crippen LogP contribution in [0.4, 0.5) is 0 Å². The van der Waals surface area contributed by atoms with E-state index in [1.54, 1.807) is 0 Å². The van der Waals surface area contributed by atoms with Crippen LogP contribution in [0.2, 0.25) is 0 Å². The van der Waals surface area contributed by atoms with Crippen molar-refractivity contribution in [2.24, 2.45) is 11.8 Å². The molecule has 1 N–H and O–H groups in total. The van der Waals surface area contributed by atoms with Crippen molar-refractivity contribution in [1.29, 1.82) is 0 Å². The lowest BCUT2D eigenvalue weighted by atomic mass is 9.74. The molecular weight excluding hydrogens is 258 g/mol. The van der Waals surface area contributed by atoms with Crippen LogP contribution in [0.25, 0.3) is 0 Å². The van der Waals surface area contributed by atoms with Crippen LogP contribution in [0.15, 0.2) is 0 Å². The van der Waals surface area contributed by atoms with E-state index in [4.69, 9.17) is 4.74 Å². The zero-order chi connectivity index (χ0) is 14.7. The summed E-state index contributed by atoms with van der Waals surface area (Å²) in [6.07, 6.45) is 17.0. The second-order valence-corrected chi connectivity index (χ2v) is 8.03. The van der Waals surface area contributed by atoms with E-state index in [9.17, 15) is 0 Å². The lowest BCUT2D eigenvalue weighted by Crippen LogP contribution is -2.40. The molecule has 0 aromatic heterocycles. The van der Waals surface area contributed by atoms with Crippen LogP contribution in [-0.4, -0.2) is 24.8 Å². The summed E-state index contributed by atoms with van der Waals surface area (Å²) in [6, 6.07) is 0.738. The number of hydrogen-bond acceptors (Lipinski definition) is 2. The zero-order valence-corrected chi connectivity index (χ0v) is 14.2. The molecule has 1 aliphatic heterocycles. The molecule has 1 spiro atoms. The first kappa shape index (κ1) is 15.8. The highest BCUT2D eigenvalue weighted by Gasteiger charge is 2.43. The smallest absolute Gasteiger partial charge is 0.0687 e. The first-order valence-corrected chi connectivity index (χ1v) is 9.60. The first-order chi connectivity index (χ1) is 10.2. The van der Waals surface area contributed by atoms with Crippen LogP contribution in [0.3, 0.4) is 0 Å². The van der Waals surface area contributed by atoms with Crippen molar-refractivity contribution in [3.8, 4) is 0 Å². The highest BCUT2D eigenvalue weighted by molar-refractivity contribution is 4.94. The predicted octanol–water partition coefficient (Wildman–Crippen LogP) is 4.67. The minimum Gasteiger partial charge on any atom is -0.372 e. The number of nitrogens with one attached hydrogen (secondary N) is 1. The maximum Gasteiger partial charge on any atom is 0.0687 e. The van der Waals surface area contributed by atoms with Gasteiger partial charge in [-0.3, -0.25) is 0 Å². The molecule has 3 fully saturated rings. The van der Waals surface area contributed by atoms with Crippen molar-refractivity contribution in [3.05, 3.63) is 0 Å². The van der Waals surface area contributed by atoms with E-state index in [-0.39, 0.29) is 0 Å². The van der Waals surface area contributed by atoms with Gasteiger partial charge in [0.15, 0.2) is 0 Å². The van der Waals surface area contributed by atoms with Crippen molar-refractivity contribution in [3.63, 3.8) is 0 Å².